The van der Waals surface area contributed by atoms with Gasteiger partial charge in [0.15, 0.2) is 0 Å². The lowest BCUT2D eigenvalue weighted by molar-refractivity contribution is -0.0441. The molecule has 0 atom stereocenters. The van der Waals surface area contributed by atoms with E-state index in [0.29, 0.717) is 0 Å². The molecule has 0 saturated carbocycles. The van der Waals surface area contributed by atoms with Crippen molar-refractivity contribution < 1.29 is 9.47 Å². The van der Waals surface area contributed by atoms with Crippen LogP contribution in [0.3, 0.4) is 0 Å². The first-order valence-corrected chi connectivity index (χ1v) is 6.01. The van der Waals surface area contributed by atoms with E-state index in [1.165, 1.54) is 18.9 Å². The summed E-state index contributed by atoms with van der Waals surface area (Å²) in [5.41, 5.74) is 0. The predicted molar refractivity (Wildman–Crippen MR) is 50.4 cm³/mol. The Labute approximate surface area is 72.1 Å². The molecule has 0 fully saturated rings. The highest BCUT2D eigenvalue weighted by atomic mass is 28.2. The molecular weight excluding hydrogens is 156 g/mol. The fraction of sp³-hybridized carbons (Fsp3) is 0.875. The lowest BCUT2D eigenvalue weighted by Crippen LogP contribution is -2.20. The molecule has 0 rings (SSSR count). The van der Waals surface area contributed by atoms with Gasteiger partial charge in [-0.1, -0.05) is 32.2 Å². The molecule has 0 amide bonds. The third-order valence-corrected chi connectivity index (χ3v) is 3.76. The molecular formula is C8H19O2Si. The Balaban J connectivity index is 3.07. The molecule has 2 nitrogen and oxygen atoms in total. The van der Waals surface area contributed by atoms with Crippen molar-refractivity contribution in [2.45, 2.75) is 31.2 Å². The summed E-state index contributed by atoms with van der Waals surface area (Å²) < 4.78 is 10.2. The van der Waals surface area contributed by atoms with Crippen LogP contribution in [-0.4, -0.2) is 29.7 Å². The summed E-state index contributed by atoms with van der Waals surface area (Å²) in [5.74, 6) is 0.125. The highest BCUT2D eigenvalue weighted by Gasteiger charge is 2.03. The van der Waals surface area contributed by atoms with Crippen molar-refractivity contribution in [2.24, 2.45) is 0 Å². The standard InChI is InChI=1S/C8H19O2Si/c1-4-5-6-7-11-8(9-2)10-3/h8H,1,4-7,11H2,2-3H3. The molecule has 0 aliphatic rings. The van der Waals surface area contributed by atoms with Gasteiger partial charge in [-0.3, -0.25) is 0 Å². The summed E-state index contributed by atoms with van der Waals surface area (Å²) >= 11 is 0. The summed E-state index contributed by atoms with van der Waals surface area (Å²) in [7, 11) is 3.25. The van der Waals surface area contributed by atoms with Crippen molar-refractivity contribution in [3.05, 3.63) is 6.92 Å². The molecule has 0 unspecified atom stereocenters. The van der Waals surface area contributed by atoms with Gasteiger partial charge in [-0.2, -0.15) is 0 Å². The minimum Gasteiger partial charge on any atom is -0.360 e. The van der Waals surface area contributed by atoms with Gasteiger partial charge < -0.3 is 9.47 Å². The minimum atomic E-state index is -0.167. The zero-order valence-corrected chi connectivity index (χ0v) is 9.05. The third kappa shape index (κ3) is 6.53. The monoisotopic (exact) mass is 175 g/mol. The van der Waals surface area contributed by atoms with E-state index in [2.05, 4.69) is 6.92 Å². The van der Waals surface area contributed by atoms with Gasteiger partial charge in [0, 0.05) is 14.2 Å². The molecule has 0 aliphatic carbocycles. The molecule has 0 bridgehead atoms. The first kappa shape index (κ1) is 11.1. The largest absolute Gasteiger partial charge is 0.360 e. The van der Waals surface area contributed by atoms with Crippen LogP contribution in [0.2, 0.25) is 6.04 Å². The molecule has 0 aromatic heterocycles. The Morgan fingerprint density at radius 1 is 1.27 bits per heavy atom. The number of rotatable bonds is 7. The van der Waals surface area contributed by atoms with Crippen LogP contribution in [0.5, 0.6) is 0 Å². The maximum absolute atomic E-state index is 5.10. The zero-order valence-electron chi connectivity index (χ0n) is 7.64. The van der Waals surface area contributed by atoms with Crippen LogP contribution in [0.1, 0.15) is 19.3 Å². The minimum absolute atomic E-state index is 0.125. The molecule has 11 heavy (non-hydrogen) atoms. The third-order valence-electron chi connectivity index (χ3n) is 1.72. The molecule has 3 heteroatoms. The highest BCUT2D eigenvalue weighted by Crippen LogP contribution is 2.01. The van der Waals surface area contributed by atoms with Crippen molar-refractivity contribution in [1.29, 1.82) is 0 Å². The van der Waals surface area contributed by atoms with Crippen molar-refractivity contribution in [1.82, 2.24) is 0 Å². The highest BCUT2D eigenvalue weighted by molar-refractivity contribution is 6.36. The van der Waals surface area contributed by atoms with Crippen molar-refractivity contribution in [3.63, 3.8) is 0 Å². The lowest BCUT2D eigenvalue weighted by Gasteiger charge is -2.11. The van der Waals surface area contributed by atoms with Crippen LogP contribution >= 0.6 is 0 Å². The Hall–Kier alpha value is 0.137. The van der Waals surface area contributed by atoms with Gasteiger partial charge in [0.1, 0.15) is 5.91 Å². The molecule has 0 saturated heterocycles. The van der Waals surface area contributed by atoms with E-state index in [1.54, 1.807) is 14.2 Å². The second kappa shape index (κ2) is 8.24. The summed E-state index contributed by atoms with van der Waals surface area (Å²) in [6.45, 7) is 3.80. The molecule has 0 heterocycles. The number of hydrogen-bond donors (Lipinski definition) is 0. The van der Waals surface area contributed by atoms with Crippen LogP contribution in [0, 0.1) is 6.92 Å². The number of unbranched alkanes of at least 4 members (excludes halogenated alkanes) is 2. The van der Waals surface area contributed by atoms with Crippen LogP contribution < -0.4 is 0 Å². The Kier molecular flexibility index (Phi) is 8.34. The maximum Gasteiger partial charge on any atom is 0.134 e. The normalized spacial score (nSPS) is 12.0. The van der Waals surface area contributed by atoms with Gasteiger partial charge >= 0.3 is 0 Å². The van der Waals surface area contributed by atoms with Crippen LogP contribution in [-0.2, 0) is 9.47 Å². The van der Waals surface area contributed by atoms with Gasteiger partial charge in [-0.25, -0.2) is 0 Å². The Morgan fingerprint density at radius 2 is 1.91 bits per heavy atom. The van der Waals surface area contributed by atoms with E-state index in [-0.39, 0.29) is 15.4 Å². The zero-order chi connectivity index (χ0) is 8.53. The topological polar surface area (TPSA) is 18.5 Å². The lowest BCUT2D eigenvalue weighted by atomic mass is 10.3. The quantitative estimate of drug-likeness (QED) is 0.328. The SMILES string of the molecule is [CH2]CCCC[SiH2]C(OC)OC. The number of methoxy groups -OCH3 is 2. The van der Waals surface area contributed by atoms with Crippen LogP contribution in [0.4, 0.5) is 0 Å². The molecule has 0 spiro atoms. The molecule has 0 aliphatic heterocycles. The second-order valence-corrected chi connectivity index (χ2v) is 4.55. The van der Waals surface area contributed by atoms with Gasteiger partial charge in [0.2, 0.25) is 0 Å². The van der Waals surface area contributed by atoms with E-state index in [4.69, 9.17) is 9.47 Å². The van der Waals surface area contributed by atoms with E-state index in [1.807, 2.05) is 0 Å². The van der Waals surface area contributed by atoms with E-state index >= 15 is 0 Å². The molecule has 1 radical (unpaired) electrons. The average Bonchev–Trinajstić information content (AvgIpc) is 2.05. The average molecular weight is 175 g/mol. The van der Waals surface area contributed by atoms with Crippen LogP contribution in [0.15, 0.2) is 0 Å². The van der Waals surface area contributed by atoms with Gasteiger partial charge in [-0.05, 0) is 0 Å². The number of ether oxygens (including phenoxy) is 2. The van der Waals surface area contributed by atoms with Crippen molar-refractivity contribution in [2.75, 3.05) is 14.2 Å². The maximum atomic E-state index is 5.10. The summed E-state index contributed by atoms with van der Waals surface area (Å²) in [6.07, 6.45) is 3.59. The first-order chi connectivity index (χ1) is 5.35. The Morgan fingerprint density at radius 3 is 2.36 bits per heavy atom. The van der Waals surface area contributed by atoms with E-state index in [9.17, 15) is 0 Å². The Bertz CT molecular complexity index is 74.5. The smallest absolute Gasteiger partial charge is 0.134 e. The summed E-state index contributed by atoms with van der Waals surface area (Å²) in [5, 5.41) is 0. The van der Waals surface area contributed by atoms with Crippen molar-refractivity contribution in [3.8, 4) is 0 Å². The molecule has 0 N–H and O–H groups in total. The molecule has 0 aromatic carbocycles. The molecule has 67 valence electrons. The second-order valence-electron chi connectivity index (χ2n) is 2.60. The van der Waals surface area contributed by atoms with Crippen molar-refractivity contribution >= 4 is 9.52 Å². The van der Waals surface area contributed by atoms with Gasteiger partial charge in [0.25, 0.3) is 0 Å². The van der Waals surface area contributed by atoms with E-state index < -0.39 is 0 Å². The summed E-state index contributed by atoms with van der Waals surface area (Å²) in [6, 6.07) is 1.31. The van der Waals surface area contributed by atoms with Crippen LogP contribution in [0.25, 0.3) is 0 Å². The van der Waals surface area contributed by atoms with Gasteiger partial charge in [-0.15, -0.1) is 0 Å². The fourth-order valence-electron chi connectivity index (χ4n) is 0.996. The van der Waals surface area contributed by atoms with E-state index in [0.717, 1.165) is 6.42 Å². The van der Waals surface area contributed by atoms with Gasteiger partial charge in [0.05, 0.1) is 9.52 Å². The summed E-state index contributed by atoms with van der Waals surface area (Å²) in [4.78, 5) is 0. The predicted octanol–water partition coefficient (Wildman–Crippen LogP) is 1.15. The number of hydrogen-bond acceptors (Lipinski definition) is 2. The first-order valence-electron chi connectivity index (χ1n) is 4.20. The fourth-order valence-corrected chi connectivity index (χ4v) is 2.44. The molecule has 0 aromatic rings.